The molecule has 0 radical (unpaired) electrons. The molecule has 1 aliphatic carbocycles. The predicted octanol–water partition coefficient (Wildman–Crippen LogP) is 1.50. The first-order chi connectivity index (χ1) is 6.70. The molecule has 4 heteroatoms. The molecule has 4 nitrogen and oxygen atoms in total. The topological polar surface area (TPSA) is 63.6 Å². The van der Waals surface area contributed by atoms with Gasteiger partial charge < -0.3 is 9.84 Å². The van der Waals surface area contributed by atoms with Crippen LogP contribution in [0.2, 0.25) is 0 Å². The lowest BCUT2D eigenvalue weighted by molar-refractivity contribution is -0.143. The van der Waals surface area contributed by atoms with Crippen LogP contribution in [0, 0.1) is 0 Å². The van der Waals surface area contributed by atoms with Gasteiger partial charge in [0.25, 0.3) is 0 Å². The normalized spacial score (nSPS) is 15.9. The SMILES string of the molecule is O=C(O)CCOC(=O)C1=CCCCC1. The zero-order valence-electron chi connectivity index (χ0n) is 7.99. The quantitative estimate of drug-likeness (QED) is 0.695. The maximum atomic E-state index is 11.3. The molecule has 0 aliphatic heterocycles. The third-order valence-corrected chi connectivity index (χ3v) is 2.10. The third-order valence-electron chi connectivity index (χ3n) is 2.10. The Labute approximate surface area is 82.6 Å². The molecule has 0 aromatic rings. The van der Waals surface area contributed by atoms with E-state index in [-0.39, 0.29) is 19.0 Å². The number of carboxylic acid groups (broad SMARTS) is 1. The van der Waals surface area contributed by atoms with Crippen LogP contribution in [0.4, 0.5) is 0 Å². The Hall–Kier alpha value is -1.32. The van der Waals surface area contributed by atoms with Crippen molar-refractivity contribution in [2.75, 3.05) is 6.61 Å². The fourth-order valence-corrected chi connectivity index (χ4v) is 1.35. The number of carbonyl (C=O) groups excluding carboxylic acids is 1. The summed E-state index contributed by atoms with van der Waals surface area (Å²) in [7, 11) is 0. The number of carbonyl (C=O) groups is 2. The number of hydrogen-bond donors (Lipinski definition) is 1. The summed E-state index contributed by atoms with van der Waals surface area (Å²) in [5, 5.41) is 8.33. The zero-order valence-corrected chi connectivity index (χ0v) is 7.99. The molecular formula is C10H14O4. The highest BCUT2D eigenvalue weighted by Gasteiger charge is 2.13. The number of rotatable bonds is 4. The average Bonchev–Trinajstić information content (AvgIpc) is 2.18. The van der Waals surface area contributed by atoms with E-state index >= 15 is 0 Å². The van der Waals surface area contributed by atoms with Gasteiger partial charge in [0.2, 0.25) is 0 Å². The number of carboxylic acids is 1. The van der Waals surface area contributed by atoms with Gasteiger partial charge in [0.05, 0.1) is 6.42 Å². The number of ether oxygens (including phenoxy) is 1. The average molecular weight is 198 g/mol. The smallest absolute Gasteiger partial charge is 0.333 e. The van der Waals surface area contributed by atoms with E-state index in [1.54, 1.807) is 0 Å². The van der Waals surface area contributed by atoms with Crippen molar-refractivity contribution in [2.24, 2.45) is 0 Å². The Balaban J connectivity index is 2.27. The van der Waals surface area contributed by atoms with Crippen molar-refractivity contribution in [1.82, 2.24) is 0 Å². The zero-order chi connectivity index (χ0) is 10.4. The van der Waals surface area contributed by atoms with Crippen molar-refractivity contribution >= 4 is 11.9 Å². The largest absolute Gasteiger partial charge is 0.481 e. The number of aliphatic carboxylic acids is 1. The van der Waals surface area contributed by atoms with E-state index in [0.717, 1.165) is 25.7 Å². The van der Waals surface area contributed by atoms with E-state index in [2.05, 4.69) is 0 Å². The van der Waals surface area contributed by atoms with Gasteiger partial charge in [-0.2, -0.15) is 0 Å². The summed E-state index contributed by atoms with van der Waals surface area (Å²) in [4.78, 5) is 21.4. The lowest BCUT2D eigenvalue weighted by Gasteiger charge is -2.11. The van der Waals surface area contributed by atoms with Crippen molar-refractivity contribution in [3.63, 3.8) is 0 Å². The van der Waals surface area contributed by atoms with E-state index in [1.165, 1.54) is 0 Å². The summed E-state index contributed by atoms with van der Waals surface area (Å²) in [6, 6.07) is 0. The van der Waals surface area contributed by atoms with Crippen molar-refractivity contribution in [3.05, 3.63) is 11.6 Å². The summed E-state index contributed by atoms with van der Waals surface area (Å²) in [6.07, 6.45) is 5.56. The molecule has 14 heavy (non-hydrogen) atoms. The molecular weight excluding hydrogens is 184 g/mol. The molecule has 0 fully saturated rings. The summed E-state index contributed by atoms with van der Waals surface area (Å²) in [5.41, 5.74) is 0.696. The minimum absolute atomic E-state index is 0.0362. The van der Waals surface area contributed by atoms with Gasteiger partial charge in [-0.15, -0.1) is 0 Å². The maximum absolute atomic E-state index is 11.3. The van der Waals surface area contributed by atoms with Crippen LogP contribution in [0.3, 0.4) is 0 Å². The van der Waals surface area contributed by atoms with Crippen LogP contribution < -0.4 is 0 Å². The monoisotopic (exact) mass is 198 g/mol. The van der Waals surface area contributed by atoms with E-state index in [4.69, 9.17) is 9.84 Å². The van der Waals surface area contributed by atoms with Gasteiger partial charge in [-0.25, -0.2) is 4.79 Å². The van der Waals surface area contributed by atoms with Crippen LogP contribution in [-0.2, 0) is 14.3 Å². The van der Waals surface area contributed by atoms with Crippen LogP contribution in [0.5, 0.6) is 0 Å². The van der Waals surface area contributed by atoms with Crippen LogP contribution >= 0.6 is 0 Å². The molecule has 78 valence electrons. The molecule has 0 saturated carbocycles. The molecule has 1 N–H and O–H groups in total. The van der Waals surface area contributed by atoms with Crippen molar-refractivity contribution in [3.8, 4) is 0 Å². The van der Waals surface area contributed by atoms with Gasteiger partial charge >= 0.3 is 11.9 Å². The molecule has 0 heterocycles. The first kappa shape index (κ1) is 10.8. The molecule has 0 amide bonds. The van der Waals surface area contributed by atoms with Gasteiger partial charge in [0.1, 0.15) is 6.61 Å². The Morgan fingerprint density at radius 2 is 2.21 bits per heavy atom. The van der Waals surface area contributed by atoms with Gasteiger partial charge in [0, 0.05) is 5.57 Å². The molecule has 0 spiro atoms. The molecule has 0 unspecified atom stereocenters. The molecule has 0 aromatic carbocycles. The lowest BCUT2D eigenvalue weighted by Crippen LogP contribution is -2.12. The molecule has 0 atom stereocenters. The van der Waals surface area contributed by atoms with E-state index < -0.39 is 5.97 Å². The van der Waals surface area contributed by atoms with Crippen LogP contribution in [-0.4, -0.2) is 23.7 Å². The lowest BCUT2D eigenvalue weighted by atomic mass is 10.00. The van der Waals surface area contributed by atoms with Gasteiger partial charge in [-0.05, 0) is 25.7 Å². The van der Waals surface area contributed by atoms with Crippen LogP contribution in [0.15, 0.2) is 11.6 Å². The van der Waals surface area contributed by atoms with E-state index in [9.17, 15) is 9.59 Å². The predicted molar refractivity (Wildman–Crippen MR) is 49.8 cm³/mol. The standard InChI is InChI=1S/C10H14O4/c11-9(12)6-7-14-10(13)8-4-2-1-3-5-8/h4H,1-3,5-7H2,(H,11,12). The van der Waals surface area contributed by atoms with E-state index in [1.807, 2.05) is 6.08 Å². The second-order valence-corrected chi connectivity index (χ2v) is 3.25. The number of hydrogen-bond acceptors (Lipinski definition) is 3. The highest BCUT2D eigenvalue weighted by Crippen LogP contribution is 2.18. The molecule has 0 saturated heterocycles. The fraction of sp³-hybridized carbons (Fsp3) is 0.600. The van der Waals surface area contributed by atoms with Gasteiger partial charge in [-0.1, -0.05) is 6.08 Å². The first-order valence-electron chi connectivity index (χ1n) is 4.78. The Bertz CT molecular complexity index is 255. The Kier molecular flexibility index (Phi) is 4.16. The van der Waals surface area contributed by atoms with Crippen LogP contribution in [0.25, 0.3) is 0 Å². The number of allylic oxidation sites excluding steroid dienone is 1. The fourth-order valence-electron chi connectivity index (χ4n) is 1.35. The van der Waals surface area contributed by atoms with Gasteiger partial charge in [-0.3, -0.25) is 4.79 Å². The maximum Gasteiger partial charge on any atom is 0.333 e. The van der Waals surface area contributed by atoms with Crippen LogP contribution in [0.1, 0.15) is 32.1 Å². The van der Waals surface area contributed by atoms with Crippen molar-refractivity contribution in [1.29, 1.82) is 0 Å². The van der Waals surface area contributed by atoms with Crippen molar-refractivity contribution in [2.45, 2.75) is 32.1 Å². The van der Waals surface area contributed by atoms with Gasteiger partial charge in [0.15, 0.2) is 0 Å². The molecule has 0 bridgehead atoms. The number of esters is 1. The molecule has 1 aliphatic rings. The first-order valence-corrected chi connectivity index (χ1v) is 4.78. The summed E-state index contributed by atoms with van der Waals surface area (Å²) in [6.45, 7) is -0.0362. The van der Waals surface area contributed by atoms with Crippen molar-refractivity contribution < 1.29 is 19.4 Å². The highest BCUT2D eigenvalue weighted by molar-refractivity contribution is 5.88. The van der Waals surface area contributed by atoms with E-state index in [0.29, 0.717) is 5.57 Å². The highest BCUT2D eigenvalue weighted by atomic mass is 16.5. The second kappa shape index (κ2) is 5.42. The summed E-state index contributed by atoms with van der Waals surface area (Å²) < 4.78 is 4.80. The summed E-state index contributed by atoms with van der Waals surface area (Å²) in [5.74, 6) is -1.30. The third kappa shape index (κ3) is 3.60. The second-order valence-electron chi connectivity index (χ2n) is 3.25. The Morgan fingerprint density at radius 3 is 2.79 bits per heavy atom. The summed E-state index contributed by atoms with van der Waals surface area (Å²) >= 11 is 0. The minimum atomic E-state index is -0.949. The molecule has 0 aromatic heterocycles. The Morgan fingerprint density at radius 1 is 1.43 bits per heavy atom. The minimum Gasteiger partial charge on any atom is -0.481 e. The molecule has 1 rings (SSSR count).